The van der Waals surface area contributed by atoms with Gasteiger partial charge in [0.2, 0.25) is 11.9 Å². The fourth-order valence-corrected chi connectivity index (χ4v) is 4.08. The Hall–Kier alpha value is -2.99. The van der Waals surface area contributed by atoms with Crippen molar-refractivity contribution >= 4 is 22.8 Å². The van der Waals surface area contributed by atoms with Crippen molar-refractivity contribution in [2.75, 3.05) is 5.32 Å². The largest absolute Gasteiger partial charge is 0.323 e. The lowest BCUT2D eigenvalue weighted by atomic mass is 9.90. The third-order valence-corrected chi connectivity index (χ3v) is 5.83. The zero-order valence-electron chi connectivity index (χ0n) is 18.0. The number of fused-ring (bicyclic) bond motifs is 1. The molecule has 6 heteroatoms. The van der Waals surface area contributed by atoms with Gasteiger partial charge in [0, 0.05) is 11.4 Å². The molecule has 0 spiro atoms. The summed E-state index contributed by atoms with van der Waals surface area (Å²) in [6, 6.07) is 14.6. The molecule has 0 saturated carbocycles. The van der Waals surface area contributed by atoms with Gasteiger partial charge in [0.1, 0.15) is 0 Å². The minimum Gasteiger partial charge on any atom is -0.323 e. The van der Waals surface area contributed by atoms with Crippen LogP contribution in [-0.4, -0.2) is 28.2 Å². The predicted octanol–water partition coefficient (Wildman–Crippen LogP) is 3.47. The highest BCUT2D eigenvalue weighted by molar-refractivity contribution is 5.83. The summed E-state index contributed by atoms with van der Waals surface area (Å²) >= 11 is 0. The molecule has 156 valence electrons. The van der Waals surface area contributed by atoms with Crippen LogP contribution in [0.15, 0.2) is 42.5 Å². The number of rotatable bonds is 5. The Morgan fingerprint density at radius 1 is 1.07 bits per heavy atom. The van der Waals surface area contributed by atoms with Crippen LogP contribution in [-0.2, 0) is 17.6 Å². The quantitative estimate of drug-likeness (QED) is 0.608. The van der Waals surface area contributed by atoms with E-state index in [1.807, 2.05) is 26.0 Å². The Balaban J connectivity index is 1.47. The molecule has 1 aliphatic heterocycles. The Labute approximate surface area is 177 Å². The normalized spacial score (nSPS) is 21.5. The highest BCUT2D eigenvalue weighted by atomic mass is 16.2. The van der Waals surface area contributed by atoms with Crippen molar-refractivity contribution in [3.05, 3.63) is 64.8 Å². The number of amides is 1. The number of aromatic nitrogens is 2. The van der Waals surface area contributed by atoms with Crippen LogP contribution in [0.1, 0.15) is 36.2 Å². The van der Waals surface area contributed by atoms with Crippen LogP contribution in [0.3, 0.4) is 0 Å². The summed E-state index contributed by atoms with van der Waals surface area (Å²) < 4.78 is 0. The lowest BCUT2D eigenvalue weighted by molar-refractivity contribution is -0.128. The van der Waals surface area contributed by atoms with Crippen LogP contribution in [0.4, 0.5) is 5.95 Å². The third kappa shape index (κ3) is 4.28. The molecule has 30 heavy (non-hydrogen) atoms. The van der Waals surface area contributed by atoms with E-state index in [2.05, 4.69) is 70.1 Å². The molecule has 1 aliphatic rings. The van der Waals surface area contributed by atoms with Gasteiger partial charge in [-0.1, -0.05) is 42.8 Å². The minimum absolute atomic E-state index is 0.0189. The second kappa shape index (κ2) is 8.40. The SMILES string of the molecule is CCc1ccc2nc(NC3NC(=O)C(Cc4cccc(C)c4)C(C)N3)nc(C)c2c1. The van der Waals surface area contributed by atoms with Gasteiger partial charge in [-0.3, -0.25) is 10.1 Å². The lowest BCUT2D eigenvalue weighted by Gasteiger charge is -2.36. The van der Waals surface area contributed by atoms with Crippen LogP contribution >= 0.6 is 0 Å². The number of carbonyl (C=O) groups excluding carboxylic acids is 1. The molecule has 3 unspecified atom stereocenters. The van der Waals surface area contributed by atoms with Crippen molar-refractivity contribution in [2.24, 2.45) is 5.92 Å². The number of hydrogen-bond donors (Lipinski definition) is 3. The van der Waals surface area contributed by atoms with Gasteiger partial charge < -0.3 is 10.6 Å². The van der Waals surface area contributed by atoms with E-state index in [9.17, 15) is 4.79 Å². The molecule has 0 bridgehead atoms. The zero-order chi connectivity index (χ0) is 21.3. The minimum atomic E-state index is -0.409. The molecule has 1 aromatic heterocycles. The van der Waals surface area contributed by atoms with Crippen LogP contribution in [0.2, 0.25) is 0 Å². The van der Waals surface area contributed by atoms with Crippen molar-refractivity contribution in [1.82, 2.24) is 20.6 Å². The van der Waals surface area contributed by atoms with Gasteiger partial charge >= 0.3 is 0 Å². The van der Waals surface area contributed by atoms with Gasteiger partial charge in [-0.2, -0.15) is 0 Å². The molecule has 0 aliphatic carbocycles. The molecular weight excluding hydrogens is 374 g/mol. The summed E-state index contributed by atoms with van der Waals surface area (Å²) in [5.74, 6) is 0.410. The van der Waals surface area contributed by atoms with Gasteiger partial charge in [-0.25, -0.2) is 9.97 Å². The summed E-state index contributed by atoms with van der Waals surface area (Å²) in [5.41, 5.74) is 5.47. The van der Waals surface area contributed by atoms with Crippen LogP contribution in [0, 0.1) is 19.8 Å². The number of aryl methyl sites for hydroxylation is 3. The van der Waals surface area contributed by atoms with E-state index in [0.717, 1.165) is 23.0 Å². The van der Waals surface area contributed by atoms with E-state index in [4.69, 9.17) is 0 Å². The van der Waals surface area contributed by atoms with E-state index >= 15 is 0 Å². The Morgan fingerprint density at radius 3 is 2.63 bits per heavy atom. The first-order valence-corrected chi connectivity index (χ1v) is 10.6. The van der Waals surface area contributed by atoms with Gasteiger partial charge in [-0.05, 0) is 56.9 Å². The topological polar surface area (TPSA) is 78.9 Å². The molecule has 6 nitrogen and oxygen atoms in total. The third-order valence-electron chi connectivity index (χ3n) is 5.83. The maximum atomic E-state index is 12.8. The molecule has 2 aromatic carbocycles. The summed E-state index contributed by atoms with van der Waals surface area (Å²) in [5, 5.41) is 10.8. The van der Waals surface area contributed by atoms with E-state index in [-0.39, 0.29) is 17.9 Å². The summed E-state index contributed by atoms with van der Waals surface area (Å²) in [4.78, 5) is 22.1. The maximum Gasteiger partial charge on any atom is 0.227 e. The molecule has 0 radical (unpaired) electrons. The first-order chi connectivity index (χ1) is 14.4. The zero-order valence-corrected chi connectivity index (χ0v) is 18.0. The fourth-order valence-electron chi connectivity index (χ4n) is 4.08. The monoisotopic (exact) mass is 403 g/mol. The predicted molar refractivity (Wildman–Crippen MR) is 120 cm³/mol. The standard InChI is InChI=1S/C24H29N5O/c1-5-17-9-10-21-19(12-17)15(3)25-23(27-21)29-24-26-16(4)20(22(30)28-24)13-18-8-6-7-14(2)11-18/h6-12,16,20,24,26H,5,13H2,1-4H3,(H,28,30)(H,25,27,29). The highest BCUT2D eigenvalue weighted by Gasteiger charge is 2.33. The average Bonchev–Trinajstić information content (AvgIpc) is 2.71. The smallest absolute Gasteiger partial charge is 0.227 e. The van der Waals surface area contributed by atoms with Crippen molar-refractivity contribution in [2.45, 2.75) is 52.9 Å². The lowest BCUT2D eigenvalue weighted by Crippen LogP contribution is -2.63. The van der Waals surface area contributed by atoms with Crippen LogP contribution in [0.25, 0.3) is 10.9 Å². The fraction of sp³-hybridized carbons (Fsp3) is 0.375. The summed E-state index contributed by atoms with van der Waals surface area (Å²) in [6.07, 6.45) is 1.28. The van der Waals surface area contributed by atoms with E-state index < -0.39 is 6.29 Å². The van der Waals surface area contributed by atoms with E-state index in [1.165, 1.54) is 16.7 Å². The molecule has 1 fully saturated rings. The molecule has 4 rings (SSSR count). The molecule has 3 aromatic rings. The number of nitrogens with zero attached hydrogens (tertiary/aromatic N) is 2. The van der Waals surface area contributed by atoms with E-state index in [1.54, 1.807) is 0 Å². The van der Waals surface area contributed by atoms with Crippen molar-refractivity contribution in [3.63, 3.8) is 0 Å². The number of carbonyl (C=O) groups is 1. The van der Waals surface area contributed by atoms with Crippen LogP contribution in [0.5, 0.6) is 0 Å². The molecule has 1 saturated heterocycles. The second-order valence-corrected chi connectivity index (χ2v) is 8.18. The van der Waals surface area contributed by atoms with Gasteiger partial charge in [0.25, 0.3) is 0 Å². The summed E-state index contributed by atoms with van der Waals surface area (Å²) in [6.45, 7) is 8.24. The molecular formula is C24H29N5O. The first kappa shape index (κ1) is 20.3. The molecule has 3 N–H and O–H groups in total. The van der Waals surface area contributed by atoms with Crippen molar-refractivity contribution in [1.29, 1.82) is 0 Å². The second-order valence-electron chi connectivity index (χ2n) is 8.18. The van der Waals surface area contributed by atoms with Gasteiger partial charge in [0.15, 0.2) is 6.29 Å². The number of hydrogen-bond acceptors (Lipinski definition) is 5. The van der Waals surface area contributed by atoms with Crippen LogP contribution < -0.4 is 16.0 Å². The van der Waals surface area contributed by atoms with Crippen molar-refractivity contribution < 1.29 is 4.79 Å². The number of nitrogens with one attached hydrogen (secondary N) is 3. The molecule has 1 amide bonds. The van der Waals surface area contributed by atoms with Gasteiger partial charge in [0.05, 0.1) is 17.1 Å². The molecule has 2 heterocycles. The number of benzene rings is 2. The first-order valence-electron chi connectivity index (χ1n) is 10.6. The molecule has 3 atom stereocenters. The van der Waals surface area contributed by atoms with Crippen molar-refractivity contribution in [3.8, 4) is 0 Å². The van der Waals surface area contributed by atoms with E-state index in [0.29, 0.717) is 12.4 Å². The Morgan fingerprint density at radius 2 is 1.90 bits per heavy atom. The Bertz CT molecular complexity index is 1080. The highest BCUT2D eigenvalue weighted by Crippen LogP contribution is 2.21. The average molecular weight is 404 g/mol. The maximum absolute atomic E-state index is 12.8. The van der Waals surface area contributed by atoms with Gasteiger partial charge in [-0.15, -0.1) is 0 Å². The Kier molecular flexibility index (Phi) is 5.68. The summed E-state index contributed by atoms with van der Waals surface area (Å²) in [7, 11) is 0. The number of anilines is 1.